The van der Waals surface area contributed by atoms with Crippen LogP contribution in [0.15, 0.2) is 6.07 Å². The van der Waals surface area contributed by atoms with E-state index >= 15 is 0 Å². The summed E-state index contributed by atoms with van der Waals surface area (Å²) in [7, 11) is 1.74. The number of hydrogen-bond donors (Lipinski definition) is 1. The zero-order valence-electron chi connectivity index (χ0n) is 12.2. The van der Waals surface area contributed by atoms with Crippen LogP contribution in [0.3, 0.4) is 0 Å². The summed E-state index contributed by atoms with van der Waals surface area (Å²) in [5, 5.41) is 10.3. The minimum absolute atomic E-state index is 0.172. The van der Waals surface area contributed by atoms with Crippen molar-refractivity contribution >= 4 is 0 Å². The van der Waals surface area contributed by atoms with Crippen molar-refractivity contribution in [2.24, 2.45) is 5.41 Å². The van der Waals surface area contributed by atoms with E-state index in [1.165, 1.54) is 11.4 Å². The average Bonchev–Trinajstić information content (AvgIpc) is 2.55. The molecule has 0 saturated carbocycles. The van der Waals surface area contributed by atoms with E-state index in [4.69, 9.17) is 4.74 Å². The van der Waals surface area contributed by atoms with E-state index in [1.807, 2.05) is 0 Å². The topological polar surface area (TPSA) is 34.4 Å². The second kappa shape index (κ2) is 4.71. The maximum absolute atomic E-state index is 10.3. The molecule has 0 spiro atoms. The molecule has 1 aliphatic carbocycles. The van der Waals surface area contributed by atoms with E-state index in [1.54, 1.807) is 7.11 Å². The molecule has 0 aromatic carbocycles. The number of fused-ring (bicyclic) bond motifs is 1. The molecule has 0 amide bonds. The Labute approximate surface area is 110 Å². The van der Waals surface area contributed by atoms with Gasteiger partial charge < -0.3 is 14.4 Å². The third kappa shape index (κ3) is 2.47. The molecule has 0 bridgehead atoms. The lowest BCUT2D eigenvalue weighted by Crippen LogP contribution is -2.28. The second-order valence-corrected chi connectivity index (χ2v) is 6.41. The van der Waals surface area contributed by atoms with Crippen LogP contribution in [0.4, 0.5) is 0 Å². The number of aliphatic hydroxyl groups is 1. The molecule has 0 saturated heterocycles. The molecule has 2 atom stereocenters. The van der Waals surface area contributed by atoms with Crippen molar-refractivity contribution in [3.05, 3.63) is 23.0 Å². The van der Waals surface area contributed by atoms with Crippen LogP contribution < -0.4 is 0 Å². The first-order valence-corrected chi connectivity index (χ1v) is 6.74. The van der Waals surface area contributed by atoms with Gasteiger partial charge >= 0.3 is 0 Å². The second-order valence-electron chi connectivity index (χ2n) is 6.41. The SMILES string of the molecule is COC(C)Cn1c(C)cc2c1CC(C)(C)CC2O. The minimum atomic E-state index is -0.318. The van der Waals surface area contributed by atoms with Gasteiger partial charge in [-0.3, -0.25) is 0 Å². The standard InChI is InChI=1S/C15H25NO2/c1-10-6-12-13(16(10)9-11(2)18-5)7-15(3,4)8-14(12)17/h6,11,14,17H,7-9H2,1-5H3. The van der Waals surface area contributed by atoms with E-state index in [-0.39, 0.29) is 17.6 Å². The predicted molar refractivity (Wildman–Crippen MR) is 72.7 cm³/mol. The summed E-state index contributed by atoms with van der Waals surface area (Å²) >= 11 is 0. The van der Waals surface area contributed by atoms with Crippen molar-refractivity contribution in [2.75, 3.05) is 7.11 Å². The van der Waals surface area contributed by atoms with Gasteiger partial charge in [-0.1, -0.05) is 13.8 Å². The van der Waals surface area contributed by atoms with Crippen LogP contribution in [-0.2, 0) is 17.7 Å². The van der Waals surface area contributed by atoms with Crippen LogP contribution in [-0.4, -0.2) is 22.9 Å². The Hall–Kier alpha value is -0.800. The van der Waals surface area contributed by atoms with Crippen LogP contribution >= 0.6 is 0 Å². The lowest BCUT2D eigenvalue weighted by atomic mass is 9.75. The number of aliphatic hydroxyl groups excluding tert-OH is 1. The molecule has 2 unspecified atom stereocenters. The van der Waals surface area contributed by atoms with Crippen LogP contribution in [0.2, 0.25) is 0 Å². The lowest BCUT2D eigenvalue weighted by Gasteiger charge is -2.34. The number of aryl methyl sites for hydroxylation is 1. The summed E-state index contributed by atoms with van der Waals surface area (Å²) in [6.45, 7) is 9.51. The third-order valence-electron chi connectivity index (χ3n) is 4.04. The molecule has 3 nitrogen and oxygen atoms in total. The van der Waals surface area contributed by atoms with Gasteiger partial charge in [0, 0.05) is 30.6 Å². The van der Waals surface area contributed by atoms with Gasteiger partial charge in [0.1, 0.15) is 0 Å². The number of hydrogen-bond acceptors (Lipinski definition) is 2. The highest BCUT2D eigenvalue weighted by Crippen LogP contribution is 2.41. The quantitative estimate of drug-likeness (QED) is 0.896. The van der Waals surface area contributed by atoms with Crippen LogP contribution in [0.1, 0.15) is 50.2 Å². The fraction of sp³-hybridized carbons (Fsp3) is 0.733. The van der Waals surface area contributed by atoms with Gasteiger partial charge in [-0.15, -0.1) is 0 Å². The normalized spacial score (nSPS) is 23.8. The molecule has 2 rings (SSSR count). The van der Waals surface area contributed by atoms with Crippen LogP contribution in [0, 0.1) is 12.3 Å². The first kappa shape index (κ1) is 13.6. The fourth-order valence-electron chi connectivity index (χ4n) is 2.99. The summed E-state index contributed by atoms with van der Waals surface area (Å²) in [5.41, 5.74) is 3.81. The molecule has 0 fully saturated rings. The van der Waals surface area contributed by atoms with E-state index < -0.39 is 0 Å². The van der Waals surface area contributed by atoms with E-state index in [0.717, 1.165) is 24.9 Å². The van der Waals surface area contributed by atoms with Gasteiger partial charge in [0.15, 0.2) is 0 Å². The highest BCUT2D eigenvalue weighted by atomic mass is 16.5. The van der Waals surface area contributed by atoms with Gasteiger partial charge in [-0.2, -0.15) is 0 Å². The Morgan fingerprint density at radius 2 is 2.22 bits per heavy atom. The van der Waals surface area contributed by atoms with Crippen molar-refractivity contribution in [1.29, 1.82) is 0 Å². The molecule has 3 heteroatoms. The van der Waals surface area contributed by atoms with Gasteiger partial charge in [0.2, 0.25) is 0 Å². The third-order valence-corrected chi connectivity index (χ3v) is 4.04. The Morgan fingerprint density at radius 1 is 1.56 bits per heavy atom. The average molecular weight is 251 g/mol. The van der Waals surface area contributed by atoms with E-state index in [9.17, 15) is 5.11 Å². The van der Waals surface area contributed by atoms with Crippen molar-refractivity contribution in [3.63, 3.8) is 0 Å². The van der Waals surface area contributed by atoms with E-state index in [0.29, 0.717) is 0 Å². The largest absolute Gasteiger partial charge is 0.388 e. The fourth-order valence-corrected chi connectivity index (χ4v) is 2.99. The molecule has 1 N–H and O–H groups in total. The summed E-state index contributed by atoms with van der Waals surface area (Å²) in [5.74, 6) is 0. The highest BCUT2D eigenvalue weighted by Gasteiger charge is 2.34. The Balaban J connectivity index is 2.38. The number of ether oxygens (including phenoxy) is 1. The van der Waals surface area contributed by atoms with Crippen LogP contribution in [0.5, 0.6) is 0 Å². The molecule has 102 valence electrons. The number of rotatable bonds is 3. The van der Waals surface area contributed by atoms with Crippen LogP contribution in [0.25, 0.3) is 0 Å². The zero-order valence-corrected chi connectivity index (χ0v) is 12.2. The molecular weight excluding hydrogens is 226 g/mol. The number of aromatic nitrogens is 1. The number of methoxy groups -OCH3 is 1. The Kier molecular flexibility index (Phi) is 3.56. The Morgan fingerprint density at radius 3 is 2.83 bits per heavy atom. The van der Waals surface area contributed by atoms with Gasteiger partial charge in [0.25, 0.3) is 0 Å². The molecule has 0 radical (unpaired) electrons. The smallest absolute Gasteiger partial charge is 0.0812 e. The summed E-state index contributed by atoms with van der Waals surface area (Å²) in [4.78, 5) is 0. The first-order valence-electron chi connectivity index (χ1n) is 6.74. The summed E-state index contributed by atoms with van der Waals surface area (Å²) in [6.07, 6.45) is 1.76. The van der Waals surface area contributed by atoms with E-state index in [2.05, 4.69) is 38.3 Å². The predicted octanol–water partition coefficient (Wildman–Crippen LogP) is 2.84. The minimum Gasteiger partial charge on any atom is -0.388 e. The van der Waals surface area contributed by atoms with Crippen molar-refractivity contribution in [1.82, 2.24) is 4.57 Å². The van der Waals surface area contributed by atoms with Gasteiger partial charge in [0.05, 0.1) is 12.2 Å². The highest BCUT2D eigenvalue weighted by molar-refractivity contribution is 5.33. The number of nitrogens with zero attached hydrogens (tertiary/aromatic N) is 1. The molecule has 1 aromatic heterocycles. The molecular formula is C15H25NO2. The Bertz CT molecular complexity index is 434. The summed E-state index contributed by atoms with van der Waals surface area (Å²) < 4.78 is 7.68. The summed E-state index contributed by atoms with van der Waals surface area (Å²) in [6, 6.07) is 2.14. The first-order chi connectivity index (χ1) is 8.34. The van der Waals surface area contributed by atoms with Crippen molar-refractivity contribution < 1.29 is 9.84 Å². The zero-order chi connectivity index (χ0) is 13.5. The maximum Gasteiger partial charge on any atom is 0.0812 e. The van der Waals surface area contributed by atoms with Crippen molar-refractivity contribution in [2.45, 2.75) is 59.3 Å². The van der Waals surface area contributed by atoms with Gasteiger partial charge in [-0.25, -0.2) is 0 Å². The molecule has 0 aliphatic heterocycles. The lowest BCUT2D eigenvalue weighted by molar-refractivity contribution is 0.0891. The molecule has 1 aromatic rings. The van der Waals surface area contributed by atoms with Crippen molar-refractivity contribution in [3.8, 4) is 0 Å². The monoisotopic (exact) mass is 251 g/mol. The maximum atomic E-state index is 10.3. The molecule has 1 heterocycles. The molecule has 18 heavy (non-hydrogen) atoms. The van der Waals surface area contributed by atoms with Gasteiger partial charge in [-0.05, 0) is 38.2 Å². The molecule has 1 aliphatic rings.